The number of rotatable bonds is 5. The first kappa shape index (κ1) is 16.6. The zero-order chi connectivity index (χ0) is 17.9. The summed E-state index contributed by atoms with van der Waals surface area (Å²) in [5.74, 6) is 1.26. The molecule has 0 aliphatic rings. The molecule has 0 saturated carbocycles. The smallest absolute Gasteiger partial charge is 0.320 e. The quantitative estimate of drug-likeness (QED) is 0.537. The third-order valence-corrected chi connectivity index (χ3v) is 5.22. The van der Waals surface area contributed by atoms with E-state index in [1.165, 1.54) is 11.3 Å². The largest absolute Gasteiger partial charge is 0.463 e. The maximum absolute atomic E-state index is 12.2. The number of aryl methyl sites for hydroxylation is 1. The summed E-state index contributed by atoms with van der Waals surface area (Å²) < 4.78 is 6.99. The van der Waals surface area contributed by atoms with Crippen molar-refractivity contribution in [2.24, 2.45) is 0 Å². The number of aromatic nitrogens is 3. The molecule has 2 amide bonds. The highest BCUT2D eigenvalue weighted by molar-refractivity contribution is 7.12. The molecule has 0 unspecified atom stereocenters. The molecule has 2 N–H and O–H groups in total. The lowest BCUT2D eigenvalue weighted by Crippen LogP contribution is -2.28. The van der Waals surface area contributed by atoms with Crippen LogP contribution in [0.5, 0.6) is 0 Å². The Morgan fingerprint density at radius 1 is 1.31 bits per heavy atom. The number of thiazole rings is 1. The number of hydrogen-bond donors (Lipinski definition) is 2. The maximum atomic E-state index is 12.2. The van der Waals surface area contributed by atoms with Gasteiger partial charge in [0.25, 0.3) is 0 Å². The lowest BCUT2D eigenvalue weighted by molar-refractivity contribution is 0.251. The molecule has 132 valence electrons. The highest BCUT2D eigenvalue weighted by atomic mass is 32.1. The molecular formula is C17H15N5O2S2. The van der Waals surface area contributed by atoms with Gasteiger partial charge in [-0.25, -0.2) is 9.78 Å². The van der Waals surface area contributed by atoms with Gasteiger partial charge in [-0.1, -0.05) is 6.07 Å². The standard InChI is InChI=1S/C17H15N5O2S2/c1-11-8-15(20-16(23)18-9-12-4-3-7-25-12)22(21-11)17-19-13(10-26-17)14-5-2-6-24-14/h2-8,10H,9H2,1H3,(H2,18,20,23). The van der Waals surface area contributed by atoms with Crippen LogP contribution in [0.4, 0.5) is 10.6 Å². The van der Waals surface area contributed by atoms with E-state index in [4.69, 9.17) is 4.42 Å². The van der Waals surface area contributed by atoms with Crippen LogP contribution in [-0.2, 0) is 6.54 Å². The van der Waals surface area contributed by atoms with Gasteiger partial charge in [-0.2, -0.15) is 9.78 Å². The molecule has 0 radical (unpaired) electrons. The molecular weight excluding hydrogens is 370 g/mol. The SMILES string of the molecule is Cc1cc(NC(=O)NCc2cccs2)n(-c2nc(-c3ccco3)cs2)n1. The summed E-state index contributed by atoms with van der Waals surface area (Å²) in [4.78, 5) is 17.8. The van der Waals surface area contributed by atoms with Crippen molar-refractivity contribution in [2.45, 2.75) is 13.5 Å². The zero-order valence-corrected chi connectivity index (χ0v) is 15.4. The van der Waals surface area contributed by atoms with E-state index in [1.54, 1.807) is 28.3 Å². The third kappa shape index (κ3) is 3.53. The average Bonchev–Trinajstić information content (AvgIpc) is 3.39. The average molecular weight is 385 g/mol. The van der Waals surface area contributed by atoms with E-state index in [0.29, 0.717) is 23.3 Å². The fraction of sp³-hybridized carbons (Fsp3) is 0.118. The van der Waals surface area contributed by atoms with Crippen LogP contribution in [0.2, 0.25) is 0 Å². The second-order valence-corrected chi connectivity index (χ2v) is 7.33. The number of amides is 2. The van der Waals surface area contributed by atoms with Crippen molar-refractivity contribution in [2.75, 3.05) is 5.32 Å². The molecule has 0 fully saturated rings. The molecule has 26 heavy (non-hydrogen) atoms. The molecule has 7 nitrogen and oxygen atoms in total. The summed E-state index contributed by atoms with van der Waals surface area (Å²) in [6.07, 6.45) is 1.61. The highest BCUT2D eigenvalue weighted by Crippen LogP contribution is 2.26. The van der Waals surface area contributed by atoms with Gasteiger partial charge in [-0.15, -0.1) is 22.7 Å². The molecule has 4 aromatic heterocycles. The summed E-state index contributed by atoms with van der Waals surface area (Å²) in [6, 6.07) is 9.12. The Labute approximate surface area is 157 Å². The summed E-state index contributed by atoms with van der Waals surface area (Å²) in [5.41, 5.74) is 1.52. The predicted molar refractivity (Wildman–Crippen MR) is 102 cm³/mol. The summed E-state index contributed by atoms with van der Waals surface area (Å²) in [6.45, 7) is 2.35. The number of anilines is 1. The Bertz CT molecular complexity index is 1000. The first-order chi connectivity index (χ1) is 12.7. The van der Waals surface area contributed by atoms with Gasteiger partial charge in [0.05, 0.1) is 18.5 Å². The Hall–Kier alpha value is -2.91. The molecule has 0 bridgehead atoms. The van der Waals surface area contributed by atoms with Crippen molar-refractivity contribution in [1.82, 2.24) is 20.1 Å². The second kappa shape index (κ2) is 7.14. The van der Waals surface area contributed by atoms with Crippen LogP contribution in [-0.4, -0.2) is 20.8 Å². The summed E-state index contributed by atoms with van der Waals surface area (Å²) >= 11 is 3.03. The van der Waals surface area contributed by atoms with Crippen molar-refractivity contribution in [3.05, 3.63) is 57.9 Å². The van der Waals surface area contributed by atoms with E-state index in [2.05, 4.69) is 20.7 Å². The van der Waals surface area contributed by atoms with Crippen molar-refractivity contribution in [3.63, 3.8) is 0 Å². The van der Waals surface area contributed by atoms with Gasteiger partial charge in [0.2, 0.25) is 5.13 Å². The van der Waals surface area contributed by atoms with E-state index >= 15 is 0 Å². The molecule has 0 saturated heterocycles. The number of nitrogens with zero attached hydrogens (tertiary/aromatic N) is 3. The van der Waals surface area contributed by atoms with E-state index in [-0.39, 0.29) is 6.03 Å². The summed E-state index contributed by atoms with van der Waals surface area (Å²) in [5, 5.41) is 14.6. The predicted octanol–water partition coefficient (Wildman–Crippen LogP) is 4.28. The number of carbonyl (C=O) groups is 1. The van der Waals surface area contributed by atoms with Crippen LogP contribution < -0.4 is 10.6 Å². The van der Waals surface area contributed by atoms with Crippen LogP contribution in [0.25, 0.3) is 16.6 Å². The number of nitrogens with one attached hydrogen (secondary N) is 2. The first-order valence-electron chi connectivity index (χ1n) is 7.83. The number of hydrogen-bond acceptors (Lipinski definition) is 6. The van der Waals surface area contributed by atoms with Crippen LogP contribution >= 0.6 is 22.7 Å². The molecule has 0 atom stereocenters. The minimum Gasteiger partial charge on any atom is -0.463 e. The third-order valence-electron chi connectivity index (χ3n) is 3.52. The first-order valence-corrected chi connectivity index (χ1v) is 9.58. The van der Waals surface area contributed by atoms with E-state index in [1.807, 2.05) is 41.9 Å². The molecule has 0 aliphatic carbocycles. The minimum atomic E-state index is -0.289. The van der Waals surface area contributed by atoms with E-state index in [0.717, 1.165) is 16.3 Å². The lowest BCUT2D eigenvalue weighted by atomic mass is 10.4. The van der Waals surface area contributed by atoms with Crippen molar-refractivity contribution < 1.29 is 9.21 Å². The summed E-state index contributed by atoms with van der Waals surface area (Å²) in [7, 11) is 0. The Kier molecular flexibility index (Phi) is 4.55. The number of thiophene rings is 1. The fourth-order valence-electron chi connectivity index (χ4n) is 2.37. The van der Waals surface area contributed by atoms with Crippen molar-refractivity contribution in [3.8, 4) is 16.6 Å². The number of carbonyl (C=O) groups excluding carboxylic acids is 1. The van der Waals surface area contributed by atoms with Gasteiger partial charge < -0.3 is 9.73 Å². The van der Waals surface area contributed by atoms with Gasteiger partial charge in [-0.05, 0) is 30.5 Å². The normalized spacial score (nSPS) is 10.8. The van der Waals surface area contributed by atoms with Gasteiger partial charge in [0.1, 0.15) is 11.5 Å². The Balaban J connectivity index is 1.50. The zero-order valence-electron chi connectivity index (χ0n) is 13.8. The van der Waals surface area contributed by atoms with Crippen LogP contribution in [0, 0.1) is 6.92 Å². The second-order valence-electron chi connectivity index (χ2n) is 5.46. The fourth-order valence-corrected chi connectivity index (χ4v) is 3.79. The Morgan fingerprint density at radius 2 is 2.23 bits per heavy atom. The molecule has 4 heterocycles. The van der Waals surface area contributed by atoms with Gasteiger partial charge in [0.15, 0.2) is 5.76 Å². The molecule has 0 aliphatic heterocycles. The van der Waals surface area contributed by atoms with Crippen molar-refractivity contribution >= 4 is 34.5 Å². The van der Waals surface area contributed by atoms with E-state index in [9.17, 15) is 4.79 Å². The van der Waals surface area contributed by atoms with E-state index < -0.39 is 0 Å². The lowest BCUT2D eigenvalue weighted by Gasteiger charge is -2.07. The van der Waals surface area contributed by atoms with Gasteiger partial charge in [-0.3, -0.25) is 5.32 Å². The van der Waals surface area contributed by atoms with Crippen LogP contribution in [0.1, 0.15) is 10.6 Å². The molecule has 0 aromatic carbocycles. The van der Waals surface area contributed by atoms with Gasteiger partial charge >= 0.3 is 6.03 Å². The van der Waals surface area contributed by atoms with Crippen LogP contribution in [0.3, 0.4) is 0 Å². The topological polar surface area (TPSA) is 85.0 Å². The minimum absolute atomic E-state index is 0.289. The molecule has 4 rings (SSSR count). The Morgan fingerprint density at radius 3 is 3.00 bits per heavy atom. The monoisotopic (exact) mass is 385 g/mol. The maximum Gasteiger partial charge on any atom is 0.320 e. The molecule has 9 heteroatoms. The number of furan rings is 1. The molecule has 0 spiro atoms. The van der Waals surface area contributed by atoms with Gasteiger partial charge in [0, 0.05) is 16.3 Å². The van der Waals surface area contributed by atoms with Crippen molar-refractivity contribution in [1.29, 1.82) is 0 Å². The van der Waals surface area contributed by atoms with Crippen LogP contribution in [0.15, 0.2) is 51.8 Å². The highest BCUT2D eigenvalue weighted by Gasteiger charge is 2.15. The molecule has 4 aromatic rings. The number of urea groups is 1.